The van der Waals surface area contributed by atoms with Crippen molar-refractivity contribution in [3.05, 3.63) is 64.8 Å². The van der Waals surface area contributed by atoms with Crippen LogP contribution in [0.5, 0.6) is 0 Å². The van der Waals surface area contributed by atoms with E-state index >= 15 is 0 Å². The van der Waals surface area contributed by atoms with Crippen molar-refractivity contribution in [3.8, 4) is 0 Å². The summed E-state index contributed by atoms with van der Waals surface area (Å²) < 4.78 is 31.2. The van der Waals surface area contributed by atoms with Gasteiger partial charge in [-0.2, -0.15) is 5.10 Å². The second-order valence-corrected chi connectivity index (χ2v) is 7.21. The molecule has 0 saturated heterocycles. The molecule has 3 aromatic rings. The molecule has 8 heteroatoms. The fourth-order valence-corrected chi connectivity index (χ4v) is 3.53. The van der Waals surface area contributed by atoms with E-state index in [1.165, 1.54) is 11.4 Å². The molecule has 1 heterocycles. The summed E-state index contributed by atoms with van der Waals surface area (Å²) in [5.41, 5.74) is 4.00. The summed E-state index contributed by atoms with van der Waals surface area (Å²) in [6, 6.07) is 12.5. The van der Waals surface area contributed by atoms with E-state index in [4.69, 9.17) is 0 Å². The molecular formula is C19H20N3O4S-. The first kappa shape index (κ1) is 19.2. The van der Waals surface area contributed by atoms with Crippen molar-refractivity contribution in [2.45, 2.75) is 20.0 Å². The molecule has 7 nitrogen and oxygen atoms in total. The second kappa shape index (κ2) is 7.99. The Morgan fingerprint density at radius 2 is 1.81 bits per heavy atom. The van der Waals surface area contributed by atoms with Crippen molar-refractivity contribution in [1.29, 1.82) is 0 Å². The number of hydrogen-bond donors (Lipinski definition) is 0. The highest BCUT2D eigenvalue weighted by molar-refractivity contribution is 7.76. The number of fused-ring (bicyclic) bond motifs is 1. The van der Waals surface area contributed by atoms with Gasteiger partial charge in [-0.25, -0.2) is 9.10 Å². The van der Waals surface area contributed by atoms with Gasteiger partial charge in [-0.3, -0.25) is 8.89 Å². The smallest absolute Gasteiger partial charge is 0.337 e. The zero-order valence-corrected chi connectivity index (χ0v) is 16.2. The topological polar surface area (TPSA) is 87.5 Å². The molecule has 0 aliphatic rings. The molecule has 3 rings (SSSR count). The van der Waals surface area contributed by atoms with Crippen LogP contribution in [-0.2, 0) is 36.1 Å². The van der Waals surface area contributed by atoms with E-state index in [0.29, 0.717) is 5.56 Å². The third-order valence-electron chi connectivity index (χ3n) is 4.40. The zero-order chi connectivity index (χ0) is 19.6. The lowest BCUT2D eigenvalue weighted by atomic mass is 10.1. The zero-order valence-electron chi connectivity index (χ0n) is 15.3. The quantitative estimate of drug-likeness (QED) is 0.480. The van der Waals surface area contributed by atoms with Gasteiger partial charge in [0.1, 0.15) is 0 Å². The first-order valence-corrected chi connectivity index (χ1v) is 9.36. The summed E-state index contributed by atoms with van der Waals surface area (Å²) >= 11 is -2.38. The Morgan fingerprint density at radius 1 is 1.19 bits per heavy atom. The number of rotatable bonds is 6. The third-order valence-corrected chi connectivity index (χ3v) is 5.08. The first-order chi connectivity index (χ1) is 12.9. The molecule has 0 spiro atoms. The fourth-order valence-electron chi connectivity index (χ4n) is 3.02. The number of methoxy groups -OCH3 is 1. The lowest BCUT2D eigenvalue weighted by molar-refractivity contribution is 0.0600. The van der Waals surface area contributed by atoms with E-state index in [9.17, 15) is 13.6 Å². The largest absolute Gasteiger partial charge is 0.760 e. The molecule has 0 bridgehead atoms. The molecule has 0 aliphatic carbocycles. The second-order valence-electron chi connectivity index (χ2n) is 6.26. The Kier molecular flexibility index (Phi) is 5.69. The highest BCUT2D eigenvalue weighted by Gasteiger charge is 2.12. The molecule has 0 fully saturated rings. The number of hydrogen-bond acceptors (Lipinski definition) is 5. The van der Waals surface area contributed by atoms with Gasteiger partial charge >= 0.3 is 5.97 Å². The minimum Gasteiger partial charge on any atom is -0.760 e. The molecular weight excluding hydrogens is 366 g/mol. The van der Waals surface area contributed by atoms with Crippen LogP contribution in [0.15, 0.2) is 42.5 Å². The summed E-state index contributed by atoms with van der Waals surface area (Å²) in [6.45, 7) is 2.39. The minimum atomic E-state index is -2.38. The van der Waals surface area contributed by atoms with Gasteiger partial charge < -0.3 is 9.29 Å². The number of carbonyl (C=O) groups excluding carboxylic acids is 1. The van der Waals surface area contributed by atoms with Gasteiger partial charge in [-0.15, -0.1) is 0 Å². The van der Waals surface area contributed by atoms with Gasteiger partial charge in [-0.1, -0.05) is 18.2 Å². The van der Waals surface area contributed by atoms with Gasteiger partial charge in [0.05, 0.1) is 23.9 Å². The third kappa shape index (κ3) is 4.24. The highest BCUT2D eigenvalue weighted by Crippen LogP contribution is 2.21. The van der Waals surface area contributed by atoms with E-state index in [-0.39, 0.29) is 13.1 Å². The molecule has 0 aliphatic heterocycles. The monoisotopic (exact) mass is 386 g/mol. The molecule has 1 unspecified atom stereocenters. The molecule has 0 amide bonds. The number of aromatic nitrogens is 2. The Morgan fingerprint density at radius 3 is 2.44 bits per heavy atom. The molecule has 2 aromatic carbocycles. The molecule has 142 valence electrons. The SMILES string of the molecule is COC(=O)c1ccc(CN(Cc2ccc3c(c2)c(C)nn3C)S(=O)[O-])cc1. The maximum absolute atomic E-state index is 11.7. The Labute approximate surface area is 160 Å². The van der Waals surface area contributed by atoms with Crippen molar-refractivity contribution in [2.24, 2.45) is 7.05 Å². The average molecular weight is 386 g/mol. The van der Waals surface area contributed by atoms with Crippen LogP contribution in [0.3, 0.4) is 0 Å². The summed E-state index contributed by atoms with van der Waals surface area (Å²) in [5.74, 6) is -0.425. The maximum Gasteiger partial charge on any atom is 0.337 e. The van der Waals surface area contributed by atoms with E-state index in [1.54, 1.807) is 28.9 Å². The van der Waals surface area contributed by atoms with E-state index in [2.05, 4.69) is 9.84 Å². The number of aryl methyl sites for hydroxylation is 2. The van der Waals surface area contributed by atoms with Gasteiger partial charge in [0.2, 0.25) is 0 Å². The molecule has 1 aromatic heterocycles. The van der Waals surface area contributed by atoms with Crippen LogP contribution in [0.1, 0.15) is 27.2 Å². The van der Waals surface area contributed by atoms with Crippen molar-refractivity contribution < 1.29 is 18.3 Å². The normalized spacial score (nSPS) is 12.5. The van der Waals surface area contributed by atoms with Crippen LogP contribution >= 0.6 is 0 Å². The maximum atomic E-state index is 11.7. The van der Waals surface area contributed by atoms with Gasteiger partial charge in [-0.05, 0) is 42.3 Å². The van der Waals surface area contributed by atoms with E-state index < -0.39 is 17.2 Å². The van der Waals surface area contributed by atoms with E-state index in [0.717, 1.165) is 27.7 Å². The number of esters is 1. The van der Waals surface area contributed by atoms with Crippen LogP contribution in [0, 0.1) is 6.92 Å². The van der Waals surface area contributed by atoms with Crippen molar-refractivity contribution in [3.63, 3.8) is 0 Å². The van der Waals surface area contributed by atoms with Gasteiger partial charge in [0.15, 0.2) is 0 Å². The van der Waals surface area contributed by atoms with Gasteiger partial charge in [0.25, 0.3) is 0 Å². The van der Waals surface area contributed by atoms with Crippen LogP contribution in [0.25, 0.3) is 10.9 Å². The van der Waals surface area contributed by atoms with Crippen molar-refractivity contribution >= 4 is 28.1 Å². The Hall–Kier alpha value is -2.55. The van der Waals surface area contributed by atoms with Crippen LogP contribution in [0.4, 0.5) is 0 Å². The minimum absolute atomic E-state index is 0.210. The van der Waals surface area contributed by atoms with Gasteiger partial charge in [0, 0.05) is 36.8 Å². The molecule has 0 radical (unpaired) electrons. The first-order valence-electron chi connectivity index (χ1n) is 8.33. The number of carbonyl (C=O) groups is 1. The summed E-state index contributed by atoms with van der Waals surface area (Å²) in [5, 5.41) is 5.39. The molecule has 1 atom stereocenters. The molecule has 27 heavy (non-hydrogen) atoms. The number of nitrogens with zero attached hydrogens (tertiary/aromatic N) is 3. The predicted molar refractivity (Wildman–Crippen MR) is 101 cm³/mol. The van der Waals surface area contributed by atoms with Crippen LogP contribution < -0.4 is 0 Å². The predicted octanol–water partition coefficient (Wildman–Crippen LogP) is 2.46. The number of benzene rings is 2. The lowest BCUT2D eigenvalue weighted by Crippen LogP contribution is -2.25. The fraction of sp³-hybridized carbons (Fsp3) is 0.263. The van der Waals surface area contributed by atoms with Crippen LogP contribution in [0.2, 0.25) is 0 Å². The summed E-state index contributed by atoms with van der Waals surface area (Å²) in [4.78, 5) is 11.5. The van der Waals surface area contributed by atoms with Crippen LogP contribution in [-0.4, -0.2) is 35.9 Å². The van der Waals surface area contributed by atoms with Crippen molar-refractivity contribution in [2.75, 3.05) is 7.11 Å². The average Bonchev–Trinajstić information content (AvgIpc) is 2.94. The Bertz CT molecular complexity index is 998. The summed E-state index contributed by atoms with van der Waals surface area (Å²) in [7, 11) is 3.20. The van der Waals surface area contributed by atoms with Crippen molar-refractivity contribution in [1.82, 2.24) is 14.1 Å². The highest BCUT2D eigenvalue weighted by atomic mass is 32.2. The summed E-state index contributed by atoms with van der Waals surface area (Å²) in [6.07, 6.45) is 0. The number of ether oxygens (including phenoxy) is 1. The molecule has 0 saturated carbocycles. The van der Waals surface area contributed by atoms with E-state index in [1.807, 2.05) is 32.2 Å². The Balaban J connectivity index is 1.79. The lowest BCUT2D eigenvalue weighted by Gasteiger charge is -2.24. The standard InChI is InChI=1S/C19H21N3O4S/c1-13-17-10-15(6-9-18(17)21(2)20-13)12-22(27(24)25)11-14-4-7-16(8-5-14)19(23)26-3/h4-10H,11-12H2,1-3H3,(H,24,25)/p-1. The molecule has 0 N–H and O–H groups in total.